The van der Waals surface area contributed by atoms with Crippen molar-refractivity contribution in [3.63, 3.8) is 0 Å². The van der Waals surface area contributed by atoms with Gasteiger partial charge in [0.05, 0.1) is 12.1 Å². The van der Waals surface area contributed by atoms with Crippen LogP contribution in [-0.4, -0.2) is 22.8 Å². The van der Waals surface area contributed by atoms with Gasteiger partial charge in [-0.3, -0.25) is 14.6 Å². The fourth-order valence-corrected chi connectivity index (χ4v) is 2.08. The molecule has 1 heterocycles. The first kappa shape index (κ1) is 15.9. The van der Waals surface area contributed by atoms with E-state index < -0.39 is 6.17 Å². The molecule has 0 spiro atoms. The van der Waals surface area contributed by atoms with Crippen LogP contribution in [0.1, 0.15) is 18.9 Å². The highest BCUT2D eigenvalue weighted by Gasteiger charge is 2.14. The van der Waals surface area contributed by atoms with Crippen LogP contribution in [0.25, 0.3) is 11.3 Å². The number of aromatic nitrogens is 1. The van der Waals surface area contributed by atoms with E-state index in [1.54, 1.807) is 13.1 Å². The minimum absolute atomic E-state index is 0.172. The highest BCUT2D eigenvalue weighted by atomic mass is 16.2. The third-order valence-corrected chi connectivity index (χ3v) is 3.26. The number of pyridine rings is 1. The predicted molar refractivity (Wildman–Crippen MR) is 84.8 cm³/mol. The van der Waals surface area contributed by atoms with Gasteiger partial charge < -0.3 is 11.1 Å². The number of rotatable bonds is 6. The molecule has 1 atom stereocenters. The molecule has 0 aliphatic rings. The van der Waals surface area contributed by atoms with Crippen LogP contribution < -0.4 is 11.1 Å². The zero-order valence-corrected chi connectivity index (χ0v) is 12.5. The lowest BCUT2D eigenvalue weighted by atomic mass is 10.0. The Bertz CT molecular complexity index is 656. The second kappa shape index (κ2) is 7.47. The molecule has 2 aromatic rings. The zero-order valence-electron chi connectivity index (χ0n) is 12.5. The summed E-state index contributed by atoms with van der Waals surface area (Å²) in [7, 11) is 0. The normalized spacial score (nSPS) is 11.7. The predicted octanol–water partition coefficient (Wildman–Crippen LogP) is 1.67. The van der Waals surface area contributed by atoms with E-state index in [1.165, 1.54) is 0 Å². The smallest absolute Gasteiger partial charge is 0.225 e. The van der Waals surface area contributed by atoms with Gasteiger partial charge in [-0.1, -0.05) is 31.2 Å². The molecule has 5 heteroatoms. The van der Waals surface area contributed by atoms with Gasteiger partial charge in [-0.15, -0.1) is 0 Å². The molecule has 1 amide bonds. The van der Waals surface area contributed by atoms with Crippen molar-refractivity contribution in [2.75, 3.05) is 0 Å². The van der Waals surface area contributed by atoms with Crippen LogP contribution in [0, 0.1) is 0 Å². The molecule has 0 fully saturated rings. The van der Waals surface area contributed by atoms with Gasteiger partial charge in [0.1, 0.15) is 6.17 Å². The summed E-state index contributed by atoms with van der Waals surface area (Å²) >= 11 is 0. The number of benzene rings is 1. The zero-order chi connectivity index (χ0) is 15.9. The molecule has 1 aromatic heterocycles. The van der Waals surface area contributed by atoms with Crippen molar-refractivity contribution in [3.05, 3.63) is 54.2 Å². The van der Waals surface area contributed by atoms with Gasteiger partial charge in [0.25, 0.3) is 0 Å². The minimum Gasteiger partial charge on any atom is -0.334 e. The van der Waals surface area contributed by atoms with Crippen molar-refractivity contribution in [1.82, 2.24) is 10.3 Å². The number of nitrogens with two attached hydrogens (primary N) is 1. The fraction of sp³-hybridized carbons (Fsp3) is 0.235. The number of nitrogens with zero attached hydrogens (tertiary/aromatic N) is 1. The Hall–Kier alpha value is -2.53. The molecule has 0 radical (unpaired) electrons. The molecule has 0 aliphatic carbocycles. The Labute approximate surface area is 129 Å². The average Bonchev–Trinajstić information content (AvgIpc) is 2.55. The summed E-state index contributed by atoms with van der Waals surface area (Å²) < 4.78 is 0. The number of carbonyl (C=O) groups excluding carboxylic acids is 2. The summed E-state index contributed by atoms with van der Waals surface area (Å²) in [6, 6.07) is 13.3. The van der Waals surface area contributed by atoms with E-state index in [0.717, 1.165) is 16.8 Å². The maximum absolute atomic E-state index is 11.9. The highest BCUT2D eigenvalue weighted by Crippen LogP contribution is 2.17. The van der Waals surface area contributed by atoms with Gasteiger partial charge in [-0.2, -0.15) is 0 Å². The second-order valence-corrected chi connectivity index (χ2v) is 4.96. The molecule has 22 heavy (non-hydrogen) atoms. The summed E-state index contributed by atoms with van der Waals surface area (Å²) in [5, 5.41) is 2.51. The standard InChI is InChI=1S/C17H19N3O2/c1-2-15(21)17(18)20-16(22)11-12-6-5-7-13(10-12)14-8-3-4-9-19-14/h3-10,17H,2,11,18H2,1H3,(H,20,22). The van der Waals surface area contributed by atoms with E-state index in [1.807, 2.05) is 42.5 Å². The largest absolute Gasteiger partial charge is 0.334 e. The molecule has 114 valence electrons. The van der Waals surface area contributed by atoms with Gasteiger partial charge in [0.2, 0.25) is 5.91 Å². The number of nitrogens with one attached hydrogen (secondary N) is 1. The van der Waals surface area contributed by atoms with Gasteiger partial charge >= 0.3 is 0 Å². The highest BCUT2D eigenvalue weighted by molar-refractivity contribution is 5.89. The third kappa shape index (κ3) is 4.23. The lowest BCUT2D eigenvalue weighted by molar-refractivity contribution is -0.127. The van der Waals surface area contributed by atoms with Crippen LogP contribution in [0.5, 0.6) is 0 Å². The first-order valence-corrected chi connectivity index (χ1v) is 7.18. The van der Waals surface area contributed by atoms with E-state index in [-0.39, 0.29) is 18.1 Å². The second-order valence-electron chi connectivity index (χ2n) is 4.96. The summed E-state index contributed by atoms with van der Waals surface area (Å²) in [6.07, 6.45) is 1.27. The van der Waals surface area contributed by atoms with E-state index in [9.17, 15) is 9.59 Å². The van der Waals surface area contributed by atoms with E-state index in [0.29, 0.717) is 6.42 Å². The van der Waals surface area contributed by atoms with Gasteiger partial charge in [-0.05, 0) is 23.8 Å². The number of hydrogen-bond acceptors (Lipinski definition) is 4. The molecule has 2 rings (SSSR count). The Morgan fingerprint density at radius 2 is 2.05 bits per heavy atom. The van der Waals surface area contributed by atoms with Crippen molar-refractivity contribution in [3.8, 4) is 11.3 Å². The van der Waals surface area contributed by atoms with Crippen molar-refractivity contribution < 1.29 is 9.59 Å². The molecule has 1 aromatic carbocycles. The van der Waals surface area contributed by atoms with Crippen molar-refractivity contribution in [1.29, 1.82) is 0 Å². The fourth-order valence-electron chi connectivity index (χ4n) is 2.08. The van der Waals surface area contributed by atoms with Crippen LogP contribution in [0.4, 0.5) is 0 Å². The van der Waals surface area contributed by atoms with E-state index >= 15 is 0 Å². The van der Waals surface area contributed by atoms with Crippen LogP contribution in [0.2, 0.25) is 0 Å². The molecule has 0 aliphatic heterocycles. The van der Waals surface area contributed by atoms with Crippen molar-refractivity contribution in [2.45, 2.75) is 25.9 Å². The summed E-state index contributed by atoms with van der Waals surface area (Å²) in [5.74, 6) is -0.456. The summed E-state index contributed by atoms with van der Waals surface area (Å²) in [4.78, 5) is 27.6. The molecule has 1 unspecified atom stereocenters. The van der Waals surface area contributed by atoms with E-state index in [2.05, 4.69) is 10.3 Å². The monoisotopic (exact) mass is 297 g/mol. The maximum Gasteiger partial charge on any atom is 0.225 e. The summed E-state index contributed by atoms with van der Waals surface area (Å²) in [5.41, 5.74) is 8.25. The van der Waals surface area contributed by atoms with Crippen LogP contribution in [-0.2, 0) is 16.0 Å². The molecule has 3 N–H and O–H groups in total. The average molecular weight is 297 g/mol. The molecule has 0 bridgehead atoms. The van der Waals surface area contributed by atoms with Crippen LogP contribution in [0.3, 0.4) is 0 Å². The number of amides is 1. The minimum atomic E-state index is -0.934. The Kier molecular flexibility index (Phi) is 5.38. The Balaban J connectivity index is 2.05. The lowest BCUT2D eigenvalue weighted by Crippen LogP contribution is -2.47. The first-order chi connectivity index (χ1) is 10.6. The SMILES string of the molecule is CCC(=O)C(N)NC(=O)Cc1cccc(-c2ccccn2)c1. The number of Topliss-reactive ketones (excluding diaryl/α,β-unsaturated/α-hetero) is 1. The first-order valence-electron chi connectivity index (χ1n) is 7.18. The van der Waals surface area contributed by atoms with E-state index in [4.69, 9.17) is 5.73 Å². The van der Waals surface area contributed by atoms with Crippen LogP contribution >= 0.6 is 0 Å². The Morgan fingerprint density at radius 1 is 1.23 bits per heavy atom. The lowest BCUT2D eigenvalue weighted by Gasteiger charge is -2.12. The van der Waals surface area contributed by atoms with Crippen molar-refractivity contribution in [2.24, 2.45) is 5.73 Å². The molecular weight excluding hydrogens is 278 g/mol. The number of hydrogen-bond donors (Lipinski definition) is 2. The van der Waals surface area contributed by atoms with Gasteiger partial charge in [-0.25, -0.2) is 0 Å². The van der Waals surface area contributed by atoms with Gasteiger partial charge in [0.15, 0.2) is 5.78 Å². The molecule has 5 nitrogen and oxygen atoms in total. The number of carbonyl (C=O) groups is 2. The van der Waals surface area contributed by atoms with Crippen LogP contribution in [0.15, 0.2) is 48.7 Å². The Morgan fingerprint density at radius 3 is 2.73 bits per heavy atom. The molecule has 0 saturated heterocycles. The molecular formula is C17H19N3O2. The maximum atomic E-state index is 11.9. The number of ketones is 1. The van der Waals surface area contributed by atoms with Crippen molar-refractivity contribution >= 4 is 11.7 Å². The van der Waals surface area contributed by atoms with Gasteiger partial charge in [0, 0.05) is 18.2 Å². The molecule has 0 saturated carbocycles. The quantitative estimate of drug-likeness (QED) is 0.794. The summed E-state index contributed by atoms with van der Waals surface area (Å²) in [6.45, 7) is 1.71. The topological polar surface area (TPSA) is 85.1 Å². The third-order valence-electron chi connectivity index (χ3n) is 3.26.